The van der Waals surface area contributed by atoms with Crippen LogP contribution in [0.5, 0.6) is 0 Å². The molecule has 0 bridgehead atoms. The van der Waals surface area contributed by atoms with Crippen molar-refractivity contribution in [2.45, 2.75) is 6.54 Å². The Kier molecular flexibility index (Phi) is 6.11. The highest BCUT2D eigenvalue weighted by Crippen LogP contribution is 2.20. The third-order valence-corrected chi connectivity index (χ3v) is 3.91. The molecule has 5 nitrogen and oxygen atoms in total. The highest BCUT2D eigenvalue weighted by atomic mass is 19.1. The molecule has 0 aliphatic rings. The Morgan fingerprint density at radius 3 is 2.58 bits per heavy atom. The number of alkyl halides is 1. The maximum atomic E-state index is 12.3. The number of halogens is 1. The molecule has 26 heavy (non-hydrogen) atoms. The van der Waals surface area contributed by atoms with Gasteiger partial charge in [0.05, 0.1) is 18.1 Å². The van der Waals surface area contributed by atoms with E-state index in [1.165, 1.54) is 6.39 Å². The predicted molar refractivity (Wildman–Crippen MR) is 102 cm³/mol. The maximum absolute atomic E-state index is 12.3. The van der Waals surface area contributed by atoms with Crippen molar-refractivity contribution in [3.05, 3.63) is 72.2 Å². The van der Waals surface area contributed by atoms with Gasteiger partial charge in [-0.3, -0.25) is 10.3 Å². The van der Waals surface area contributed by atoms with Crippen LogP contribution in [-0.2, 0) is 6.54 Å². The fourth-order valence-corrected chi connectivity index (χ4v) is 2.49. The van der Waals surface area contributed by atoms with Crippen LogP contribution in [0, 0.1) is 0 Å². The van der Waals surface area contributed by atoms with E-state index in [0.717, 1.165) is 34.7 Å². The monoisotopic (exact) mass is 352 g/mol. The summed E-state index contributed by atoms with van der Waals surface area (Å²) in [7, 11) is 1.91. The van der Waals surface area contributed by atoms with Crippen molar-refractivity contribution in [1.82, 2.24) is 9.88 Å². The first-order valence-electron chi connectivity index (χ1n) is 8.36. The van der Waals surface area contributed by atoms with Crippen molar-refractivity contribution in [2.24, 2.45) is 5.10 Å². The Hall–Kier alpha value is -2.99. The molecule has 1 heterocycles. The first-order chi connectivity index (χ1) is 12.7. The molecule has 3 aromatic rings. The van der Waals surface area contributed by atoms with Crippen molar-refractivity contribution >= 4 is 11.9 Å². The lowest BCUT2D eigenvalue weighted by molar-refractivity contribution is 0.289. The Morgan fingerprint density at radius 1 is 1.15 bits per heavy atom. The van der Waals surface area contributed by atoms with E-state index >= 15 is 0 Å². The minimum absolute atomic E-state index is 0.327. The largest absolute Gasteiger partial charge is 0.444 e. The second-order valence-corrected chi connectivity index (χ2v) is 5.98. The number of rotatable bonds is 8. The van der Waals surface area contributed by atoms with Crippen LogP contribution in [0.2, 0.25) is 0 Å². The molecular formula is C20H21FN4O. The van der Waals surface area contributed by atoms with Gasteiger partial charge in [0.1, 0.15) is 6.67 Å². The Bertz CT molecular complexity index is 814. The van der Waals surface area contributed by atoms with Gasteiger partial charge in [0.25, 0.3) is 0 Å². The van der Waals surface area contributed by atoms with Gasteiger partial charge in [-0.1, -0.05) is 24.3 Å². The van der Waals surface area contributed by atoms with Gasteiger partial charge in [0.15, 0.2) is 12.2 Å². The molecule has 0 fully saturated rings. The lowest BCUT2D eigenvalue weighted by Gasteiger charge is -2.14. The second-order valence-electron chi connectivity index (χ2n) is 5.98. The zero-order valence-corrected chi connectivity index (χ0v) is 14.6. The highest BCUT2D eigenvalue weighted by Gasteiger charge is 2.01. The zero-order chi connectivity index (χ0) is 18.2. The summed E-state index contributed by atoms with van der Waals surface area (Å²) in [5.41, 5.74) is 6.99. The van der Waals surface area contributed by atoms with Crippen LogP contribution in [-0.4, -0.2) is 36.4 Å². The quantitative estimate of drug-likeness (QED) is 0.488. The molecule has 3 rings (SSSR count). The predicted octanol–water partition coefficient (Wildman–Crippen LogP) is 4.19. The number of benzene rings is 2. The van der Waals surface area contributed by atoms with Gasteiger partial charge >= 0.3 is 0 Å². The first kappa shape index (κ1) is 17.8. The van der Waals surface area contributed by atoms with Crippen molar-refractivity contribution in [3.63, 3.8) is 0 Å². The normalized spacial score (nSPS) is 11.3. The number of nitrogens with one attached hydrogen (secondary N) is 1. The highest BCUT2D eigenvalue weighted by molar-refractivity contribution is 5.80. The molecule has 134 valence electrons. The molecular weight excluding hydrogens is 331 g/mol. The number of anilines is 1. The van der Waals surface area contributed by atoms with Gasteiger partial charge in [-0.25, -0.2) is 9.37 Å². The summed E-state index contributed by atoms with van der Waals surface area (Å²) in [6.07, 6.45) is 4.86. The molecule has 0 unspecified atom stereocenters. The molecule has 0 atom stereocenters. The van der Waals surface area contributed by atoms with E-state index in [2.05, 4.69) is 15.5 Å². The smallest absolute Gasteiger partial charge is 0.181 e. The summed E-state index contributed by atoms with van der Waals surface area (Å²) < 4.78 is 17.6. The lowest BCUT2D eigenvalue weighted by Crippen LogP contribution is -2.20. The lowest BCUT2D eigenvalue weighted by atomic mass is 10.1. The van der Waals surface area contributed by atoms with E-state index in [1.54, 1.807) is 12.4 Å². The summed E-state index contributed by atoms with van der Waals surface area (Å²) in [5.74, 6) is 0.734. The van der Waals surface area contributed by atoms with E-state index in [-0.39, 0.29) is 6.67 Å². The summed E-state index contributed by atoms with van der Waals surface area (Å²) in [5, 5.41) is 4.25. The minimum atomic E-state index is -0.327. The molecule has 0 aliphatic carbocycles. The molecule has 0 spiro atoms. The van der Waals surface area contributed by atoms with Crippen molar-refractivity contribution in [3.8, 4) is 11.3 Å². The van der Waals surface area contributed by atoms with Crippen molar-refractivity contribution in [1.29, 1.82) is 0 Å². The third kappa shape index (κ3) is 5.00. The Morgan fingerprint density at radius 2 is 1.92 bits per heavy atom. The number of hydrazone groups is 1. The summed E-state index contributed by atoms with van der Waals surface area (Å²) >= 11 is 0. The van der Waals surface area contributed by atoms with E-state index < -0.39 is 0 Å². The molecule has 0 aliphatic heterocycles. The van der Waals surface area contributed by atoms with Gasteiger partial charge in [-0.2, -0.15) is 5.10 Å². The topological polar surface area (TPSA) is 53.7 Å². The van der Waals surface area contributed by atoms with Crippen LogP contribution in [0.15, 0.2) is 70.6 Å². The van der Waals surface area contributed by atoms with Crippen LogP contribution in [0.25, 0.3) is 11.3 Å². The average molecular weight is 352 g/mol. The van der Waals surface area contributed by atoms with Gasteiger partial charge in [0.2, 0.25) is 0 Å². The van der Waals surface area contributed by atoms with Crippen LogP contribution >= 0.6 is 0 Å². The molecule has 0 saturated carbocycles. The molecule has 0 saturated heterocycles. The average Bonchev–Trinajstić information content (AvgIpc) is 3.19. The van der Waals surface area contributed by atoms with E-state index in [9.17, 15) is 4.39 Å². The number of oxazole rings is 1. The van der Waals surface area contributed by atoms with Crippen LogP contribution in [0.1, 0.15) is 11.1 Å². The summed E-state index contributed by atoms with van der Waals surface area (Å²) in [4.78, 5) is 5.86. The number of nitrogens with zero attached hydrogens (tertiary/aromatic N) is 3. The van der Waals surface area contributed by atoms with Crippen LogP contribution in [0.3, 0.4) is 0 Å². The van der Waals surface area contributed by atoms with Crippen LogP contribution in [0.4, 0.5) is 10.1 Å². The zero-order valence-electron chi connectivity index (χ0n) is 14.6. The first-order valence-corrected chi connectivity index (χ1v) is 8.36. The molecule has 0 amide bonds. The number of aromatic nitrogens is 1. The Balaban J connectivity index is 1.53. The third-order valence-electron chi connectivity index (χ3n) is 3.91. The van der Waals surface area contributed by atoms with E-state index in [4.69, 9.17) is 4.42 Å². The number of hydrogen-bond donors (Lipinski definition) is 1. The van der Waals surface area contributed by atoms with Crippen LogP contribution < -0.4 is 5.43 Å². The number of hydrogen-bond acceptors (Lipinski definition) is 5. The van der Waals surface area contributed by atoms with Gasteiger partial charge in [-0.05, 0) is 42.4 Å². The molecule has 6 heteroatoms. The second kappa shape index (κ2) is 8.92. The maximum Gasteiger partial charge on any atom is 0.181 e. The molecule has 2 aromatic carbocycles. The van der Waals surface area contributed by atoms with Gasteiger partial charge in [-0.15, -0.1) is 0 Å². The molecule has 1 N–H and O–H groups in total. The summed E-state index contributed by atoms with van der Waals surface area (Å²) in [6.45, 7) is 0.853. The standard InChI is InChI=1S/C20H21FN4O/c1-25(11-10-21)14-17-4-2-16(3-5-17)12-23-24-19-8-6-18(7-9-19)20-13-22-15-26-20/h2-9,12-13,15,24H,10-11,14H2,1H3. The van der Waals surface area contributed by atoms with Crippen molar-refractivity contribution in [2.75, 3.05) is 25.7 Å². The van der Waals surface area contributed by atoms with Gasteiger partial charge in [0, 0.05) is 18.7 Å². The SMILES string of the molecule is CN(CCF)Cc1ccc(C=NNc2ccc(-c3cnco3)cc2)cc1. The van der Waals surface area contributed by atoms with E-state index in [1.807, 2.05) is 60.5 Å². The van der Waals surface area contributed by atoms with E-state index in [0.29, 0.717) is 6.54 Å². The summed E-state index contributed by atoms with van der Waals surface area (Å²) in [6, 6.07) is 15.8. The molecule has 0 radical (unpaired) electrons. The Labute approximate surface area is 152 Å². The molecule has 1 aromatic heterocycles. The van der Waals surface area contributed by atoms with Crippen molar-refractivity contribution < 1.29 is 8.81 Å². The fourth-order valence-electron chi connectivity index (χ4n) is 2.49. The fraction of sp³-hybridized carbons (Fsp3) is 0.200. The minimum Gasteiger partial charge on any atom is -0.444 e. The van der Waals surface area contributed by atoms with Gasteiger partial charge < -0.3 is 4.42 Å².